The van der Waals surface area contributed by atoms with E-state index in [9.17, 15) is 13.2 Å². The van der Waals surface area contributed by atoms with Crippen LogP contribution in [0.15, 0.2) is 67.8 Å². The number of benzene rings is 1. The van der Waals surface area contributed by atoms with E-state index in [1.807, 2.05) is 16.9 Å². The maximum absolute atomic E-state index is 13.1. The summed E-state index contributed by atoms with van der Waals surface area (Å²) < 4.78 is 30.2. The van der Waals surface area contributed by atoms with Gasteiger partial charge in [0.1, 0.15) is 4.21 Å². The monoisotopic (exact) mass is 458 g/mol. The van der Waals surface area contributed by atoms with Crippen molar-refractivity contribution in [3.05, 3.63) is 70.0 Å². The third-order valence-corrected chi connectivity index (χ3v) is 10.00. The first-order valence-electron chi connectivity index (χ1n) is 9.89. The molecule has 5 rings (SSSR count). The minimum absolute atomic E-state index is 0.00116. The van der Waals surface area contributed by atoms with Gasteiger partial charge >= 0.3 is 0 Å². The summed E-state index contributed by atoms with van der Waals surface area (Å²) in [6.45, 7) is 1.45. The van der Waals surface area contributed by atoms with Crippen LogP contribution in [0.5, 0.6) is 0 Å². The Hall–Kier alpha value is -1.87. The molecule has 3 aromatic rings. The topological polar surface area (TPSA) is 59.4 Å². The van der Waals surface area contributed by atoms with Crippen LogP contribution < -0.4 is 5.56 Å². The molecule has 2 aliphatic rings. The van der Waals surface area contributed by atoms with Crippen LogP contribution in [0.3, 0.4) is 0 Å². The number of sulfonamides is 1. The van der Waals surface area contributed by atoms with E-state index >= 15 is 0 Å². The van der Waals surface area contributed by atoms with Crippen molar-refractivity contribution in [3.63, 3.8) is 0 Å². The SMILES string of the molecule is CSc1ccc(-c2ccc(=O)n3c2[C@H]2C[C@@H](CN(S(=O)(=O)c4cccs4)C2)C3)cc1. The predicted octanol–water partition coefficient (Wildman–Crippen LogP) is 4.11. The highest BCUT2D eigenvalue weighted by Crippen LogP contribution is 2.41. The zero-order valence-electron chi connectivity index (χ0n) is 16.5. The first kappa shape index (κ1) is 20.1. The second-order valence-corrected chi connectivity index (χ2v) is 11.9. The van der Waals surface area contributed by atoms with E-state index in [1.165, 1.54) is 16.2 Å². The van der Waals surface area contributed by atoms with E-state index in [-0.39, 0.29) is 17.4 Å². The van der Waals surface area contributed by atoms with Gasteiger partial charge in [0.05, 0.1) is 0 Å². The van der Waals surface area contributed by atoms with Gasteiger partial charge in [-0.25, -0.2) is 8.42 Å². The average molecular weight is 459 g/mol. The van der Waals surface area contributed by atoms with Crippen molar-refractivity contribution >= 4 is 33.1 Å². The maximum Gasteiger partial charge on any atom is 0.252 e. The summed E-state index contributed by atoms with van der Waals surface area (Å²) in [5.41, 5.74) is 3.06. The van der Waals surface area contributed by atoms with Crippen LogP contribution in [-0.2, 0) is 16.6 Å². The number of pyridine rings is 1. The van der Waals surface area contributed by atoms with Crippen LogP contribution in [-0.4, -0.2) is 36.6 Å². The molecule has 1 aromatic carbocycles. The Labute approximate surface area is 184 Å². The number of nitrogens with zero attached hydrogens (tertiary/aromatic N) is 2. The second kappa shape index (κ2) is 7.67. The van der Waals surface area contributed by atoms with E-state index in [0.29, 0.717) is 23.8 Å². The van der Waals surface area contributed by atoms with Gasteiger partial charge in [-0.15, -0.1) is 23.1 Å². The van der Waals surface area contributed by atoms with Gasteiger partial charge in [-0.1, -0.05) is 18.2 Å². The molecule has 30 heavy (non-hydrogen) atoms. The van der Waals surface area contributed by atoms with E-state index in [2.05, 4.69) is 24.3 Å². The molecule has 4 heterocycles. The highest BCUT2D eigenvalue weighted by atomic mass is 32.2. The fourth-order valence-corrected chi connectivity index (χ4v) is 7.83. The quantitative estimate of drug-likeness (QED) is 0.552. The molecule has 2 aromatic heterocycles. The highest BCUT2D eigenvalue weighted by Gasteiger charge is 2.40. The standard InChI is InChI=1S/C22H22N2O3S3/c1-28-18-6-4-16(5-7-18)19-8-9-20(25)24-13-15-11-17(22(19)24)14-23(12-15)30(26,27)21-3-2-10-29-21/h2-10,15,17H,11-14H2,1H3/t15-,17-/m0/s1. The molecular weight excluding hydrogens is 436 g/mol. The third kappa shape index (κ3) is 3.36. The van der Waals surface area contributed by atoms with E-state index in [1.54, 1.807) is 39.6 Å². The zero-order chi connectivity index (χ0) is 20.9. The van der Waals surface area contributed by atoms with Crippen molar-refractivity contribution in [1.82, 2.24) is 8.87 Å². The molecular formula is C22H22N2O3S3. The number of piperidine rings is 1. The van der Waals surface area contributed by atoms with Gasteiger partial charge in [0, 0.05) is 47.8 Å². The molecule has 0 unspecified atom stereocenters. The molecule has 1 saturated heterocycles. The average Bonchev–Trinajstić information content (AvgIpc) is 3.30. The molecule has 0 amide bonds. The Morgan fingerprint density at radius 3 is 2.53 bits per heavy atom. The Balaban J connectivity index is 1.57. The molecule has 0 N–H and O–H groups in total. The number of fused-ring (bicyclic) bond motifs is 4. The fraction of sp³-hybridized carbons (Fsp3) is 0.318. The fourth-order valence-electron chi connectivity index (χ4n) is 4.72. The molecule has 2 atom stereocenters. The third-order valence-electron chi connectivity index (χ3n) is 6.05. The summed E-state index contributed by atoms with van der Waals surface area (Å²) in [6, 6.07) is 15.3. The predicted molar refractivity (Wildman–Crippen MR) is 122 cm³/mol. The second-order valence-electron chi connectivity index (χ2n) is 7.86. The Morgan fingerprint density at radius 2 is 1.83 bits per heavy atom. The molecule has 1 fully saturated rings. The van der Waals surface area contributed by atoms with Crippen LogP contribution in [0, 0.1) is 5.92 Å². The van der Waals surface area contributed by atoms with Crippen molar-refractivity contribution in [1.29, 1.82) is 0 Å². The van der Waals surface area contributed by atoms with Gasteiger partial charge < -0.3 is 4.57 Å². The molecule has 0 spiro atoms. The first-order valence-corrected chi connectivity index (χ1v) is 13.4. The van der Waals surface area contributed by atoms with Gasteiger partial charge in [0.25, 0.3) is 15.6 Å². The molecule has 0 radical (unpaired) electrons. The molecule has 156 valence electrons. The highest BCUT2D eigenvalue weighted by molar-refractivity contribution is 7.98. The Kier molecular flexibility index (Phi) is 5.13. The van der Waals surface area contributed by atoms with Crippen molar-refractivity contribution in [2.75, 3.05) is 19.3 Å². The normalized spacial score (nSPS) is 21.4. The van der Waals surface area contributed by atoms with Gasteiger partial charge in [-0.05, 0) is 53.8 Å². The van der Waals surface area contributed by atoms with Gasteiger partial charge in [0.15, 0.2) is 0 Å². The van der Waals surface area contributed by atoms with Crippen LogP contribution >= 0.6 is 23.1 Å². The lowest BCUT2D eigenvalue weighted by molar-refractivity contribution is 0.187. The molecule has 2 aliphatic heterocycles. The molecule has 8 heteroatoms. The smallest absolute Gasteiger partial charge is 0.252 e. The van der Waals surface area contributed by atoms with E-state index in [4.69, 9.17) is 0 Å². The van der Waals surface area contributed by atoms with Crippen molar-refractivity contribution < 1.29 is 8.42 Å². The van der Waals surface area contributed by atoms with Gasteiger partial charge in [-0.2, -0.15) is 4.31 Å². The lowest BCUT2D eigenvalue weighted by Gasteiger charge is -2.42. The molecule has 2 bridgehead atoms. The zero-order valence-corrected chi connectivity index (χ0v) is 19.0. The van der Waals surface area contributed by atoms with Crippen molar-refractivity contribution in [2.45, 2.75) is 28.0 Å². The van der Waals surface area contributed by atoms with E-state index in [0.717, 1.165) is 23.2 Å². The Morgan fingerprint density at radius 1 is 1.03 bits per heavy atom. The number of hydrogen-bond acceptors (Lipinski definition) is 5. The molecule has 0 saturated carbocycles. The number of thiophene rings is 1. The number of thioether (sulfide) groups is 1. The maximum atomic E-state index is 13.1. The lowest BCUT2D eigenvalue weighted by Crippen LogP contribution is -2.49. The lowest BCUT2D eigenvalue weighted by atomic mass is 9.81. The largest absolute Gasteiger partial charge is 0.311 e. The van der Waals surface area contributed by atoms with E-state index < -0.39 is 10.0 Å². The number of aromatic nitrogens is 1. The summed E-state index contributed by atoms with van der Waals surface area (Å²) in [6.07, 6.45) is 2.96. The summed E-state index contributed by atoms with van der Waals surface area (Å²) >= 11 is 2.95. The summed E-state index contributed by atoms with van der Waals surface area (Å²) in [4.78, 5) is 13.9. The van der Waals surface area contributed by atoms with Crippen LogP contribution in [0.4, 0.5) is 0 Å². The van der Waals surface area contributed by atoms with Gasteiger partial charge in [-0.3, -0.25) is 4.79 Å². The molecule has 5 nitrogen and oxygen atoms in total. The number of rotatable bonds is 4. The molecule has 0 aliphatic carbocycles. The van der Waals surface area contributed by atoms with Crippen LogP contribution in [0.2, 0.25) is 0 Å². The minimum atomic E-state index is -3.50. The van der Waals surface area contributed by atoms with Crippen LogP contribution in [0.25, 0.3) is 11.1 Å². The first-order chi connectivity index (χ1) is 14.5. The summed E-state index contributed by atoms with van der Waals surface area (Å²) in [7, 11) is -3.50. The Bertz CT molecular complexity index is 1230. The van der Waals surface area contributed by atoms with Crippen molar-refractivity contribution in [3.8, 4) is 11.1 Å². The summed E-state index contributed by atoms with van der Waals surface area (Å²) in [5, 5.41) is 1.79. The minimum Gasteiger partial charge on any atom is -0.311 e. The van der Waals surface area contributed by atoms with Gasteiger partial charge in [0.2, 0.25) is 0 Å². The van der Waals surface area contributed by atoms with Crippen LogP contribution in [0.1, 0.15) is 18.0 Å². The number of hydrogen-bond donors (Lipinski definition) is 0. The summed E-state index contributed by atoms with van der Waals surface area (Å²) in [5.74, 6) is 0.161. The van der Waals surface area contributed by atoms with Crippen molar-refractivity contribution in [2.24, 2.45) is 5.92 Å².